The predicted octanol–water partition coefficient (Wildman–Crippen LogP) is 4.81. The molecular weight excluding hydrogens is 448 g/mol. The molecule has 188 valence electrons. The van der Waals surface area contributed by atoms with Crippen molar-refractivity contribution in [1.29, 1.82) is 0 Å². The summed E-state index contributed by atoms with van der Waals surface area (Å²) in [6.45, 7) is 3.00. The lowest BCUT2D eigenvalue weighted by Gasteiger charge is -2.56. The number of piperidine rings is 1. The van der Waals surface area contributed by atoms with E-state index >= 15 is 0 Å². The van der Waals surface area contributed by atoms with E-state index in [4.69, 9.17) is 0 Å². The van der Waals surface area contributed by atoms with Crippen molar-refractivity contribution in [1.82, 2.24) is 9.80 Å². The van der Waals surface area contributed by atoms with Crippen LogP contribution in [0.15, 0.2) is 66.7 Å². The SMILES string of the molecule is CN(C(=O)c1ccc2ccccc2c1)[C@H]1CC(O)[C@@H]2CN(CC3CC3)CC[C@@]2(c2cccc(O)c2)C1. The lowest BCUT2D eigenvalue weighted by molar-refractivity contribution is -0.0618. The van der Waals surface area contributed by atoms with Gasteiger partial charge in [0.15, 0.2) is 0 Å². The summed E-state index contributed by atoms with van der Waals surface area (Å²) < 4.78 is 0. The fourth-order valence-electron chi connectivity index (χ4n) is 6.89. The van der Waals surface area contributed by atoms with Crippen molar-refractivity contribution < 1.29 is 15.0 Å². The fraction of sp³-hybridized carbons (Fsp3) is 0.452. The molecule has 1 aliphatic heterocycles. The molecule has 0 spiro atoms. The number of benzene rings is 3. The number of hydrogen-bond acceptors (Lipinski definition) is 4. The third-order valence-electron chi connectivity index (χ3n) is 9.12. The van der Waals surface area contributed by atoms with Crippen LogP contribution in [0, 0.1) is 11.8 Å². The highest BCUT2D eigenvalue weighted by atomic mass is 16.3. The highest BCUT2D eigenvalue weighted by molar-refractivity contribution is 5.98. The van der Waals surface area contributed by atoms with Crippen molar-refractivity contribution in [2.75, 3.05) is 26.7 Å². The molecule has 5 heteroatoms. The molecule has 3 aromatic rings. The number of aliphatic hydroxyl groups is 1. The van der Waals surface area contributed by atoms with Gasteiger partial charge in [-0.15, -0.1) is 0 Å². The smallest absolute Gasteiger partial charge is 0.253 e. The van der Waals surface area contributed by atoms with E-state index in [1.165, 1.54) is 12.8 Å². The highest BCUT2D eigenvalue weighted by Crippen LogP contribution is 2.51. The van der Waals surface area contributed by atoms with Gasteiger partial charge in [0.2, 0.25) is 0 Å². The fourth-order valence-corrected chi connectivity index (χ4v) is 6.89. The number of aromatic hydroxyl groups is 1. The Kier molecular flexibility index (Phi) is 6.01. The standard InChI is InChI=1S/C31H36N2O3/c1-32(30(36)24-12-11-22-5-2-3-6-23(22)15-24)26-17-29(35)28-20-33(19-21-9-10-21)14-13-31(28,18-26)25-7-4-8-27(34)16-25/h2-8,11-12,15-16,21,26,28-29,34-35H,9-10,13-14,17-20H2,1H3/t26-,28-,29?,31-/m0/s1. The molecule has 0 radical (unpaired) electrons. The Morgan fingerprint density at radius 2 is 1.86 bits per heavy atom. The van der Waals surface area contributed by atoms with Crippen LogP contribution in [0.4, 0.5) is 0 Å². The molecule has 0 aromatic heterocycles. The van der Waals surface area contributed by atoms with Crippen LogP contribution in [0.25, 0.3) is 10.8 Å². The number of phenols is 1. The molecule has 36 heavy (non-hydrogen) atoms. The van der Waals surface area contributed by atoms with E-state index in [0.29, 0.717) is 12.0 Å². The number of fused-ring (bicyclic) bond motifs is 2. The molecule has 1 amide bonds. The second-order valence-corrected chi connectivity index (χ2v) is 11.4. The Hall–Kier alpha value is -2.89. The minimum Gasteiger partial charge on any atom is -0.508 e. The lowest BCUT2D eigenvalue weighted by Crippen LogP contribution is -2.61. The molecular formula is C31H36N2O3. The molecule has 4 atom stereocenters. The van der Waals surface area contributed by atoms with E-state index in [1.54, 1.807) is 6.07 Å². The first-order chi connectivity index (χ1) is 17.4. The van der Waals surface area contributed by atoms with Gasteiger partial charge in [0.25, 0.3) is 5.91 Å². The van der Waals surface area contributed by atoms with E-state index in [1.807, 2.05) is 60.5 Å². The largest absolute Gasteiger partial charge is 0.508 e. The maximum atomic E-state index is 13.6. The van der Waals surface area contributed by atoms with E-state index < -0.39 is 6.10 Å². The molecule has 1 unspecified atom stereocenters. The predicted molar refractivity (Wildman–Crippen MR) is 142 cm³/mol. The molecule has 3 fully saturated rings. The van der Waals surface area contributed by atoms with E-state index in [-0.39, 0.29) is 29.0 Å². The summed E-state index contributed by atoms with van der Waals surface area (Å²) in [6.07, 6.45) is 4.46. The summed E-state index contributed by atoms with van der Waals surface area (Å²) in [5, 5.41) is 24.1. The summed E-state index contributed by atoms with van der Waals surface area (Å²) >= 11 is 0. The number of carbonyl (C=O) groups excluding carboxylic acids is 1. The van der Waals surface area contributed by atoms with Gasteiger partial charge in [-0.05, 0) is 85.2 Å². The minimum absolute atomic E-state index is 0.00590. The highest BCUT2D eigenvalue weighted by Gasteiger charge is 2.53. The van der Waals surface area contributed by atoms with Crippen LogP contribution in [0.1, 0.15) is 48.0 Å². The lowest BCUT2D eigenvalue weighted by atomic mass is 9.56. The Balaban J connectivity index is 1.30. The molecule has 2 aliphatic carbocycles. The summed E-state index contributed by atoms with van der Waals surface area (Å²) in [5.41, 5.74) is 1.51. The number of nitrogens with zero attached hydrogens (tertiary/aromatic N) is 2. The van der Waals surface area contributed by atoms with Gasteiger partial charge in [-0.1, -0.05) is 42.5 Å². The van der Waals surface area contributed by atoms with Crippen LogP contribution < -0.4 is 0 Å². The number of aliphatic hydroxyl groups excluding tert-OH is 1. The summed E-state index contributed by atoms with van der Waals surface area (Å²) in [7, 11) is 1.88. The van der Waals surface area contributed by atoms with Crippen LogP contribution in [0.5, 0.6) is 5.75 Å². The van der Waals surface area contributed by atoms with Gasteiger partial charge >= 0.3 is 0 Å². The molecule has 1 heterocycles. The molecule has 2 N–H and O–H groups in total. The topological polar surface area (TPSA) is 64.0 Å². The van der Waals surface area contributed by atoms with Crippen molar-refractivity contribution in [3.05, 3.63) is 77.9 Å². The molecule has 0 bridgehead atoms. The Morgan fingerprint density at radius 3 is 2.64 bits per heavy atom. The van der Waals surface area contributed by atoms with Crippen LogP contribution in [0.2, 0.25) is 0 Å². The van der Waals surface area contributed by atoms with Gasteiger partial charge in [-0.25, -0.2) is 0 Å². The molecule has 3 aromatic carbocycles. The van der Waals surface area contributed by atoms with E-state index in [0.717, 1.165) is 54.7 Å². The zero-order valence-corrected chi connectivity index (χ0v) is 21.0. The van der Waals surface area contributed by atoms with Gasteiger partial charge in [0, 0.05) is 43.1 Å². The normalized spacial score (nSPS) is 28.6. The van der Waals surface area contributed by atoms with Crippen molar-refractivity contribution in [2.24, 2.45) is 11.8 Å². The van der Waals surface area contributed by atoms with Crippen molar-refractivity contribution in [3.8, 4) is 5.75 Å². The third-order valence-corrected chi connectivity index (χ3v) is 9.12. The van der Waals surface area contributed by atoms with Crippen molar-refractivity contribution in [3.63, 3.8) is 0 Å². The van der Waals surface area contributed by atoms with Crippen LogP contribution in [0.3, 0.4) is 0 Å². The number of amides is 1. The first kappa shape index (κ1) is 23.5. The number of likely N-dealkylation sites (tertiary alicyclic amines) is 1. The number of phenolic OH excluding ortho intramolecular Hbond substituents is 1. The van der Waals surface area contributed by atoms with Gasteiger partial charge in [-0.3, -0.25) is 4.79 Å². The number of carbonyl (C=O) groups is 1. The number of rotatable bonds is 5. The second-order valence-electron chi connectivity index (χ2n) is 11.4. The van der Waals surface area contributed by atoms with E-state index in [2.05, 4.69) is 17.0 Å². The average molecular weight is 485 g/mol. The van der Waals surface area contributed by atoms with Crippen LogP contribution >= 0.6 is 0 Å². The van der Waals surface area contributed by atoms with Gasteiger partial charge in [-0.2, -0.15) is 0 Å². The first-order valence-corrected chi connectivity index (χ1v) is 13.4. The quantitative estimate of drug-likeness (QED) is 0.546. The monoisotopic (exact) mass is 484 g/mol. The first-order valence-electron chi connectivity index (χ1n) is 13.4. The zero-order valence-electron chi connectivity index (χ0n) is 21.0. The number of hydrogen-bond donors (Lipinski definition) is 2. The maximum Gasteiger partial charge on any atom is 0.253 e. The Bertz CT molecular complexity index is 1270. The van der Waals surface area contributed by atoms with Crippen molar-refractivity contribution >= 4 is 16.7 Å². The second kappa shape index (κ2) is 9.20. The van der Waals surface area contributed by atoms with E-state index in [9.17, 15) is 15.0 Å². The summed E-state index contributed by atoms with van der Waals surface area (Å²) in [5.74, 6) is 1.16. The van der Waals surface area contributed by atoms with Crippen LogP contribution in [-0.4, -0.2) is 64.7 Å². The molecule has 5 nitrogen and oxygen atoms in total. The summed E-state index contributed by atoms with van der Waals surface area (Å²) in [6, 6.07) is 21.5. The van der Waals surface area contributed by atoms with Gasteiger partial charge in [0.05, 0.1) is 6.10 Å². The third kappa shape index (κ3) is 4.29. The molecule has 3 aliphatic rings. The van der Waals surface area contributed by atoms with Gasteiger partial charge < -0.3 is 20.0 Å². The molecule has 2 saturated carbocycles. The van der Waals surface area contributed by atoms with Gasteiger partial charge in [0.1, 0.15) is 5.75 Å². The average Bonchev–Trinajstić information content (AvgIpc) is 3.72. The van der Waals surface area contributed by atoms with Crippen molar-refractivity contribution in [2.45, 2.75) is 49.7 Å². The Morgan fingerprint density at radius 1 is 1.06 bits per heavy atom. The molecule has 1 saturated heterocycles. The summed E-state index contributed by atoms with van der Waals surface area (Å²) in [4.78, 5) is 18.0. The molecule has 6 rings (SSSR count). The Labute approximate surface area is 213 Å². The zero-order chi connectivity index (χ0) is 24.9. The minimum atomic E-state index is -0.500. The maximum absolute atomic E-state index is 13.6. The van der Waals surface area contributed by atoms with Crippen LogP contribution in [-0.2, 0) is 5.41 Å².